The summed E-state index contributed by atoms with van der Waals surface area (Å²) in [6.45, 7) is 4.02. The number of rotatable bonds is 9. The van der Waals surface area contributed by atoms with Gasteiger partial charge >= 0.3 is 5.97 Å². The number of hydrogen-bond acceptors (Lipinski definition) is 7. The first kappa shape index (κ1) is 27.7. The predicted molar refractivity (Wildman–Crippen MR) is 152 cm³/mol. The van der Waals surface area contributed by atoms with E-state index < -0.39 is 0 Å². The van der Waals surface area contributed by atoms with Gasteiger partial charge < -0.3 is 18.8 Å². The van der Waals surface area contributed by atoms with E-state index in [0.29, 0.717) is 35.1 Å². The molecule has 9 nitrogen and oxygen atoms in total. The second-order valence-corrected chi connectivity index (χ2v) is 11.1. The Labute approximate surface area is 242 Å². The minimum absolute atomic E-state index is 0.103. The van der Waals surface area contributed by atoms with Crippen LogP contribution in [-0.4, -0.2) is 63.1 Å². The van der Waals surface area contributed by atoms with Crippen LogP contribution >= 0.6 is 11.6 Å². The van der Waals surface area contributed by atoms with Gasteiger partial charge in [0.1, 0.15) is 18.2 Å². The molecule has 2 aliphatic heterocycles. The second-order valence-electron chi connectivity index (χ2n) is 10.6. The zero-order valence-electron chi connectivity index (χ0n) is 23.0. The molecule has 0 aliphatic carbocycles. The standard InChI is InChI=1S/C30H33ClFN5O4/c1-39-30(38)20-5-7-26-27(15-20)36(17-24-3-2-14-40-24)28(34-26)18-35-12-9-23(10-13-35)37-29(8-11-33-37)41-19-21-4-6-22(31)16-25(21)32/h4-8,11,15-16,23-24H,2-3,9-10,12-14,17-19H2,1H3/t24-/m0/s1. The van der Waals surface area contributed by atoms with E-state index in [2.05, 4.69) is 14.6 Å². The average molecular weight is 582 g/mol. The molecule has 4 heterocycles. The van der Waals surface area contributed by atoms with Crippen LogP contribution in [0.2, 0.25) is 5.02 Å². The molecule has 0 N–H and O–H groups in total. The molecule has 0 radical (unpaired) electrons. The van der Waals surface area contributed by atoms with Gasteiger partial charge in [0.25, 0.3) is 0 Å². The highest BCUT2D eigenvalue weighted by Gasteiger charge is 2.26. The van der Waals surface area contributed by atoms with Crippen molar-refractivity contribution in [1.29, 1.82) is 0 Å². The number of benzene rings is 2. The lowest BCUT2D eigenvalue weighted by Crippen LogP contribution is -2.35. The number of carbonyl (C=O) groups is 1. The minimum Gasteiger partial charge on any atom is -0.473 e. The van der Waals surface area contributed by atoms with E-state index in [4.69, 9.17) is 30.8 Å². The molecule has 2 fully saturated rings. The first-order valence-corrected chi connectivity index (χ1v) is 14.4. The fourth-order valence-electron chi connectivity index (χ4n) is 5.74. The number of ether oxygens (including phenoxy) is 3. The van der Waals surface area contributed by atoms with Crippen LogP contribution < -0.4 is 4.74 Å². The smallest absolute Gasteiger partial charge is 0.337 e. The summed E-state index contributed by atoms with van der Waals surface area (Å²) in [5.74, 6) is 0.839. The number of piperidine rings is 1. The molecule has 0 saturated carbocycles. The third-order valence-corrected chi connectivity index (χ3v) is 8.19. The number of fused-ring (bicyclic) bond motifs is 1. The Morgan fingerprint density at radius 1 is 1.15 bits per heavy atom. The van der Waals surface area contributed by atoms with Gasteiger partial charge in [-0.15, -0.1) is 0 Å². The molecule has 6 rings (SSSR count). The van der Waals surface area contributed by atoms with Crippen molar-refractivity contribution in [1.82, 2.24) is 24.2 Å². The van der Waals surface area contributed by atoms with Crippen LogP contribution in [0.4, 0.5) is 4.39 Å². The van der Waals surface area contributed by atoms with Crippen LogP contribution in [0.5, 0.6) is 5.88 Å². The number of methoxy groups -OCH3 is 1. The normalized spacial score (nSPS) is 18.3. The van der Waals surface area contributed by atoms with Crippen LogP contribution in [0.25, 0.3) is 11.0 Å². The Bertz CT molecular complexity index is 1520. The highest BCUT2D eigenvalue weighted by molar-refractivity contribution is 6.30. The zero-order valence-corrected chi connectivity index (χ0v) is 23.7. The lowest BCUT2D eigenvalue weighted by atomic mass is 10.1. The van der Waals surface area contributed by atoms with Crippen molar-refractivity contribution in [3.63, 3.8) is 0 Å². The number of nitrogens with zero attached hydrogens (tertiary/aromatic N) is 5. The molecule has 11 heteroatoms. The molecular weight excluding hydrogens is 549 g/mol. The minimum atomic E-state index is -0.385. The number of esters is 1. The van der Waals surface area contributed by atoms with Gasteiger partial charge in [-0.25, -0.2) is 18.9 Å². The van der Waals surface area contributed by atoms with Crippen molar-refractivity contribution >= 4 is 28.6 Å². The van der Waals surface area contributed by atoms with Gasteiger partial charge in [0.2, 0.25) is 5.88 Å². The van der Waals surface area contributed by atoms with Gasteiger partial charge in [0.15, 0.2) is 0 Å². The van der Waals surface area contributed by atoms with Crippen LogP contribution in [0.1, 0.15) is 53.5 Å². The summed E-state index contributed by atoms with van der Waals surface area (Å²) in [6.07, 6.45) is 5.72. The van der Waals surface area contributed by atoms with Crippen molar-refractivity contribution in [2.45, 2.75) is 57.5 Å². The molecule has 216 valence electrons. The van der Waals surface area contributed by atoms with Crippen molar-refractivity contribution in [2.24, 2.45) is 0 Å². The molecule has 2 aliphatic rings. The van der Waals surface area contributed by atoms with E-state index in [-0.39, 0.29) is 30.5 Å². The Morgan fingerprint density at radius 3 is 2.76 bits per heavy atom. The molecular formula is C30H33ClFN5O4. The average Bonchev–Trinajstić information content (AvgIpc) is 3.74. The summed E-state index contributed by atoms with van der Waals surface area (Å²) in [5, 5.41) is 4.88. The third kappa shape index (κ3) is 6.10. The Morgan fingerprint density at radius 2 is 2.00 bits per heavy atom. The number of carbonyl (C=O) groups excluding carboxylic acids is 1. The predicted octanol–water partition coefficient (Wildman–Crippen LogP) is 5.41. The molecule has 41 heavy (non-hydrogen) atoms. The molecule has 2 aromatic carbocycles. The Balaban J connectivity index is 1.13. The van der Waals surface area contributed by atoms with Crippen LogP contribution in [0.3, 0.4) is 0 Å². The summed E-state index contributed by atoms with van der Waals surface area (Å²) in [7, 11) is 1.39. The maximum absolute atomic E-state index is 14.2. The lowest BCUT2D eigenvalue weighted by molar-refractivity contribution is 0.0601. The highest BCUT2D eigenvalue weighted by Crippen LogP contribution is 2.29. The maximum Gasteiger partial charge on any atom is 0.337 e. The van der Waals surface area contributed by atoms with Crippen molar-refractivity contribution < 1.29 is 23.4 Å². The molecule has 0 spiro atoms. The SMILES string of the molecule is COC(=O)c1ccc2nc(CN3CCC(n4nccc4OCc4ccc(Cl)cc4F)CC3)n(C[C@@H]3CCCO3)c2c1. The van der Waals surface area contributed by atoms with E-state index in [9.17, 15) is 9.18 Å². The maximum atomic E-state index is 14.2. The summed E-state index contributed by atoms with van der Waals surface area (Å²) in [6, 6.07) is 12.1. The van der Waals surface area contributed by atoms with Crippen molar-refractivity contribution in [3.05, 3.63) is 76.5 Å². The van der Waals surface area contributed by atoms with Gasteiger partial charge in [-0.3, -0.25) is 4.90 Å². The molecule has 4 aromatic rings. The second kappa shape index (κ2) is 12.2. The van der Waals surface area contributed by atoms with E-state index in [1.807, 2.05) is 22.9 Å². The lowest BCUT2D eigenvalue weighted by Gasteiger charge is -2.32. The molecule has 0 amide bonds. The fourth-order valence-corrected chi connectivity index (χ4v) is 5.90. The Hall–Kier alpha value is -3.47. The number of hydrogen-bond donors (Lipinski definition) is 0. The quantitative estimate of drug-likeness (QED) is 0.245. The van der Waals surface area contributed by atoms with Crippen molar-refractivity contribution in [3.8, 4) is 5.88 Å². The van der Waals surface area contributed by atoms with Gasteiger partial charge in [-0.1, -0.05) is 17.7 Å². The first-order chi connectivity index (χ1) is 20.0. The summed E-state index contributed by atoms with van der Waals surface area (Å²) >= 11 is 5.87. The Kier molecular flexibility index (Phi) is 8.23. The largest absolute Gasteiger partial charge is 0.473 e. The van der Waals surface area contributed by atoms with Crippen LogP contribution in [0.15, 0.2) is 48.7 Å². The van der Waals surface area contributed by atoms with E-state index in [0.717, 1.165) is 62.2 Å². The van der Waals surface area contributed by atoms with E-state index in [1.54, 1.807) is 24.4 Å². The number of likely N-dealkylation sites (tertiary alicyclic amines) is 1. The molecule has 0 unspecified atom stereocenters. The third-order valence-electron chi connectivity index (χ3n) is 7.95. The first-order valence-electron chi connectivity index (χ1n) is 14.0. The molecule has 2 aromatic heterocycles. The molecule has 1 atom stereocenters. The number of halogens is 2. The topological polar surface area (TPSA) is 83.6 Å². The van der Waals surface area contributed by atoms with Gasteiger partial charge in [0.05, 0.1) is 55.1 Å². The van der Waals surface area contributed by atoms with Crippen LogP contribution in [0, 0.1) is 5.82 Å². The van der Waals surface area contributed by atoms with Gasteiger partial charge in [0, 0.05) is 36.3 Å². The van der Waals surface area contributed by atoms with Gasteiger partial charge in [-0.05, 0) is 56.0 Å². The summed E-state index contributed by atoms with van der Waals surface area (Å²) < 4.78 is 35.2. The van der Waals surface area contributed by atoms with E-state index >= 15 is 0 Å². The number of aromatic nitrogens is 4. The van der Waals surface area contributed by atoms with Crippen molar-refractivity contribution in [2.75, 3.05) is 26.8 Å². The monoisotopic (exact) mass is 581 g/mol. The van der Waals surface area contributed by atoms with Gasteiger partial charge in [-0.2, -0.15) is 5.10 Å². The highest BCUT2D eigenvalue weighted by atomic mass is 35.5. The van der Waals surface area contributed by atoms with Crippen LogP contribution in [-0.2, 0) is 29.2 Å². The molecule has 0 bridgehead atoms. The number of imidazole rings is 1. The zero-order chi connectivity index (χ0) is 28.3. The van der Waals surface area contributed by atoms with E-state index in [1.165, 1.54) is 13.2 Å². The summed E-state index contributed by atoms with van der Waals surface area (Å²) in [4.78, 5) is 19.6. The summed E-state index contributed by atoms with van der Waals surface area (Å²) in [5.41, 5.74) is 2.73. The molecule has 2 saturated heterocycles. The fraction of sp³-hybridized carbons (Fsp3) is 0.433.